The van der Waals surface area contributed by atoms with Gasteiger partial charge in [0.25, 0.3) is 5.69 Å². The van der Waals surface area contributed by atoms with Gasteiger partial charge in [-0.1, -0.05) is 18.2 Å². The van der Waals surface area contributed by atoms with E-state index in [4.69, 9.17) is 0 Å². The lowest BCUT2D eigenvalue weighted by atomic mass is 9.90. The van der Waals surface area contributed by atoms with Gasteiger partial charge >= 0.3 is 0 Å². The van der Waals surface area contributed by atoms with E-state index in [0.29, 0.717) is 18.7 Å². The maximum Gasteiger partial charge on any atom is 0.270 e. The fourth-order valence-electron chi connectivity index (χ4n) is 2.81. The number of para-hydroxylation sites is 1. The zero-order chi connectivity index (χ0) is 17.1. The van der Waals surface area contributed by atoms with E-state index in [2.05, 4.69) is 10.6 Å². The summed E-state index contributed by atoms with van der Waals surface area (Å²) in [6, 6.07) is 13.7. The predicted molar refractivity (Wildman–Crippen MR) is 88.7 cm³/mol. The van der Waals surface area contributed by atoms with E-state index >= 15 is 0 Å². The Bertz CT molecular complexity index is 857. The van der Waals surface area contributed by atoms with Gasteiger partial charge in [-0.25, -0.2) is 0 Å². The number of benzene rings is 2. The molecule has 0 aliphatic carbocycles. The Labute approximate surface area is 138 Å². The van der Waals surface area contributed by atoms with E-state index in [0.717, 1.165) is 11.3 Å². The molecule has 120 valence electrons. The molecule has 1 aliphatic heterocycles. The van der Waals surface area contributed by atoms with Crippen LogP contribution in [0.5, 0.6) is 0 Å². The lowest BCUT2D eigenvalue weighted by molar-refractivity contribution is -0.384. The number of amides is 1. The molecular weight excluding hydrogens is 308 g/mol. The molecule has 0 spiro atoms. The largest absolute Gasteiger partial charge is 0.383 e. The second-order valence-electron chi connectivity index (χ2n) is 5.52. The number of nitro benzene ring substituents is 1. The summed E-state index contributed by atoms with van der Waals surface area (Å²) in [4.78, 5) is 22.1. The molecule has 3 rings (SSSR count). The van der Waals surface area contributed by atoms with Crippen molar-refractivity contribution < 1.29 is 9.72 Å². The number of non-ortho nitro benzene ring substituents is 1. The van der Waals surface area contributed by atoms with Crippen molar-refractivity contribution in [1.82, 2.24) is 0 Å². The van der Waals surface area contributed by atoms with Crippen LogP contribution < -0.4 is 10.6 Å². The van der Waals surface area contributed by atoms with Crippen LogP contribution in [0, 0.1) is 21.4 Å². The van der Waals surface area contributed by atoms with Crippen molar-refractivity contribution in [3.8, 4) is 6.07 Å². The Hall–Kier alpha value is -3.40. The van der Waals surface area contributed by atoms with Crippen molar-refractivity contribution in [3.05, 3.63) is 63.7 Å². The number of hydrogen-bond donors (Lipinski definition) is 2. The molecule has 1 aliphatic rings. The first kappa shape index (κ1) is 15.5. The number of nitro groups is 1. The fraction of sp³-hybridized carbons (Fsp3) is 0.176. The first-order valence-corrected chi connectivity index (χ1v) is 7.39. The van der Waals surface area contributed by atoms with Crippen LogP contribution in [0.3, 0.4) is 0 Å². The van der Waals surface area contributed by atoms with Crippen molar-refractivity contribution in [3.63, 3.8) is 0 Å². The molecule has 0 unspecified atom stereocenters. The number of rotatable bonds is 4. The second kappa shape index (κ2) is 6.38. The van der Waals surface area contributed by atoms with Crippen molar-refractivity contribution >= 4 is 23.0 Å². The molecule has 1 heterocycles. The summed E-state index contributed by atoms with van der Waals surface area (Å²) in [5.74, 6) is -0.0820. The summed E-state index contributed by atoms with van der Waals surface area (Å²) in [5, 5.41) is 25.9. The van der Waals surface area contributed by atoms with Crippen LogP contribution in [-0.2, 0) is 4.79 Å². The molecule has 0 saturated heterocycles. The van der Waals surface area contributed by atoms with E-state index in [1.807, 2.05) is 30.3 Å². The van der Waals surface area contributed by atoms with Crippen molar-refractivity contribution in [2.45, 2.75) is 12.3 Å². The van der Waals surface area contributed by atoms with Gasteiger partial charge in [0.05, 0.1) is 16.2 Å². The zero-order valence-electron chi connectivity index (χ0n) is 12.7. The quantitative estimate of drug-likeness (QED) is 0.664. The predicted octanol–water partition coefficient (Wildman–Crippen LogP) is 3.00. The molecule has 0 saturated carbocycles. The number of fused-ring (bicyclic) bond motifs is 1. The van der Waals surface area contributed by atoms with E-state index in [-0.39, 0.29) is 23.1 Å². The third-order valence-corrected chi connectivity index (χ3v) is 3.98. The SMILES string of the molecule is N#Cc1cc([N+](=O)[O-])ccc1NC[C@@H]1CC(=O)Nc2ccccc21. The van der Waals surface area contributed by atoms with Gasteiger partial charge in [0.15, 0.2) is 0 Å². The molecule has 0 aromatic heterocycles. The molecule has 1 atom stereocenters. The van der Waals surface area contributed by atoms with Crippen LogP contribution in [-0.4, -0.2) is 17.4 Å². The Balaban J connectivity index is 1.80. The lowest BCUT2D eigenvalue weighted by Gasteiger charge is -2.26. The average molecular weight is 322 g/mol. The molecule has 7 nitrogen and oxygen atoms in total. The summed E-state index contributed by atoms with van der Waals surface area (Å²) in [7, 11) is 0. The van der Waals surface area contributed by atoms with E-state index < -0.39 is 4.92 Å². The summed E-state index contributed by atoms with van der Waals surface area (Å²) in [6.45, 7) is 0.455. The fourth-order valence-corrected chi connectivity index (χ4v) is 2.81. The van der Waals surface area contributed by atoms with Crippen LogP contribution in [0.4, 0.5) is 17.1 Å². The zero-order valence-corrected chi connectivity index (χ0v) is 12.7. The van der Waals surface area contributed by atoms with Gasteiger partial charge in [-0.15, -0.1) is 0 Å². The highest BCUT2D eigenvalue weighted by Gasteiger charge is 2.24. The van der Waals surface area contributed by atoms with E-state index in [1.54, 1.807) is 0 Å². The Morgan fingerprint density at radius 3 is 2.88 bits per heavy atom. The maximum atomic E-state index is 11.8. The molecule has 0 radical (unpaired) electrons. The summed E-state index contributed by atoms with van der Waals surface area (Å²) >= 11 is 0. The Morgan fingerprint density at radius 1 is 1.33 bits per heavy atom. The number of hydrogen-bond acceptors (Lipinski definition) is 5. The third-order valence-electron chi connectivity index (χ3n) is 3.98. The Morgan fingerprint density at radius 2 is 2.12 bits per heavy atom. The van der Waals surface area contributed by atoms with Gasteiger partial charge in [-0.2, -0.15) is 5.26 Å². The number of nitriles is 1. The molecule has 1 amide bonds. The molecule has 2 aromatic carbocycles. The molecule has 7 heteroatoms. The first-order chi connectivity index (χ1) is 11.6. The second-order valence-corrected chi connectivity index (χ2v) is 5.52. The number of anilines is 2. The van der Waals surface area contributed by atoms with Gasteiger partial charge in [-0.3, -0.25) is 14.9 Å². The van der Waals surface area contributed by atoms with Crippen LogP contribution in [0.2, 0.25) is 0 Å². The number of nitrogens with zero attached hydrogens (tertiary/aromatic N) is 2. The summed E-state index contributed by atoms with van der Waals surface area (Å²) < 4.78 is 0. The van der Waals surface area contributed by atoms with Crippen molar-refractivity contribution in [1.29, 1.82) is 5.26 Å². The van der Waals surface area contributed by atoms with Crippen molar-refractivity contribution in [2.24, 2.45) is 0 Å². The van der Waals surface area contributed by atoms with Gasteiger partial charge < -0.3 is 10.6 Å². The molecule has 0 fully saturated rings. The monoisotopic (exact) mass is 322 g/mol. The molecule has 2 aromatic rings. The van der Waals surface area contributed by atoms with Gasteiger partial charge in [0, 0.05) is 36.7 Å². The third kappa shape index (κ3) is 3.03. The smallest absolute Gasteiger partial charge is 0.270 e. The standard InChI is InChI=1S/C17H14N4O3/c18-9-11-7-13(21(23)24)5-6-15(11)19-10-12-8-17(22)20-16-4-2-1-3-14(12)16/h1-7,12,19H,8,10H2,(H,20,22)/t12-/m0/s1. The minimum absolute atomic E-state index is 0.0308. The summed E-state index contributed by atoms with van der Waals surface area (Å²) in [5.41, 5.74) is 2.43. The number of nitrogens with one attached hydrogen (secondary N) is 2. The number of carbonyl (C=O) groups is 1. The van der Waals surface area contributed by atoms with Gasteiger partial charge in [0.2, 0.25) is 5.91 Å². The maximum absolute atomic E-state index is 11.8. The van der Waals surface area contributed by atoms with E-state index in [1.165, 1.54) is 18.2 Å². The van der Waals surface area contributed by atoms with E-state index in [9.17, 15) is 20.2 Å². The highest BCUT2D eigenvalue weighted by molar-refractivity contribution is 5.94. The van der Waals surface area contributed by atoms with Crippen LogP contribution in [0.15, 0.2) is 42.5 Å². The molecule has 2 N–H and O–H groups in total. The highest BCUT2D eigenvalue weighted by atomic mass is 16.6. The van der Waals surface area contributed by atoms with Gasteiger partial charge in [-0.05, 0) is 17.7 Å². The lowest BCUT2D eigenvalue weighted by Crippen LogP contribution is -2.26. The Kier molecular flexibility index (Phi) is 4.12. The van der Waals surface area contributed by atoms with Crippen LogP contribution >= 0.6 is 0 Å². The minimum Gasteiger partial charge on any atom is -0.383 e. The van der Waals surface area contributed by atoms with Crippen molar-refractivity contribution in [2.75, 3.05) is 17.2 Å². The number of carbonyl (C=O) groups excluding carboxylic acids is 1. The topological polar surface area (TPSA) is 108 Å². The van der Waals surface area contributed by atoms with Crippen LogP contribution in [0.25, 0.3) is 0 Å². The van der Waals surface area contributed by atoms with Crippen LogP contribution in [0.1, 0.15) is 23.5 Å². The molecule has 24 heavy (non-hydrogen) atoms. The highest BCUT2D eigenvalue weighted by Crippen LogP contribution is 2.32. The molecular formula is C17H14N4O3. The average Bonchev–Trinajstić information content (AvgIpc) is 2.59. The normalized spacial score (nSPS) is 15.8. The first-order valence-electron chi connectivity index (χ1n) is 7.39. The summed E-state index contributed by atoms with van der Waals surface area (Å²) in [6.07, 6.45) is 0.346. The molecule has 0 bridgehead atoms. The minimum atomic E-state index is -0.535. The van der Waals surface area contributed by atoms with Gasteiger partial charge in [0.1, 0.15) is 6.07 Å².